The molecule has 1 aliphatic heterocycles. The molecule has 4 nitrogen and oxygen atoms in total. The monoisotopic (exact) mass is 247 g/mol. The summed E-state index contributed by atoms with van der Waals surface area (Å²) in [7, 11) is 0. The summed E-state index contributed by atoms with van der Waals surface area (Å²) in [5.41, 5.74) is 1.15. The second-order valence-corrected chi connectivity index (χ2v) is 5.07. The van der Waals surface area contributed by atoms with Gasteiger partial charge in [0.2, 0.25) is 5.91 Å². The molecule has 0 bridgehead atoms. The molecule has 1 aromatic rings. The van der Waals surface area contributed by atoms with Gasteiger partial charge in [-0.2, -0.15) is 0 Å². The summed E-state index contributed by atoms with van der Waals surface area (Å²) in [6.07, 6.45) is 5.75. The molecule has 0 radical (unpaired) electrons. The fourth-order valence-electron chi connectivity index (χ4n) is 2.38. The van der Waals surface area contributed by atoms with Gasteiger partial charge in [0.25, 0.3) is 0 Å². The maximum absolute atomic E-state index is 12.2. The number of aromatic nitrogens is 1. The second-order valence-electron chi connectivity index (χ2n) is 5.07. The summed E-state index contributed by atoms with van der Waals surface area (Å²) in [6, 6.07) is 4.54. The van der Waals surface area contributed by atoms with Gasteiger partial charge in [0, 0.05) is 25.0 Å². The number of pyridine rings is 1. The number of likely N-dealkylation sites (tertiary alicyclic amines) is 1. The van der Waals surface area contributed by atoms with Crippen LogP contribution in [0.3, 0.4) is 0 Å². The van der Waals surface area contributed by atoms with E-state index < -0.39 is 0 Å². The molecule has 1 aromatic heterocycles. The molecular formula is C14H21N3O. The highest BCUT2D eigenvalue weighted by atomic mass is 16.2. The van der Waals surface area contributed by atoms with Crippen molar-refractivity contribution in [2.45, 2.75) is 38.8 Å². The first-order chi connectivity index (χ1) is 8.68. The van der Waals surface area contributed by atoms with Crippen LogP contribution >= 0.6 is 0 Å². The maximum atomic E-state index is 12.2. The van der Waals surface area contributed by atoms with E-state index in [0.29, 0.717) is 12.6 Å². The average molecular weight is 247 g/mol. The number of amides is 1. The fourth-order valence-corrected chi connectivity index (χ4v) is 2.38. The quantitative estimate of drug-likeness (QED) is 0.881. The summed E-state index contributed by atoms with van der Waals surface area (Å²) in [5.74, 6) is 0.190. The molecule has 0 spiro atoms. The van der Waals surface area contributed by atoms with Crippen LogP contribution in [-0.4, -0.2) is 34.9 Å². The molecule has 1 unspecified atom stereocenters. The Morgan fingerprint density at radius 1 is 1.61 bits per heavy atom. The van der Waals surface area contributed by atoms with Crippen molar-refractivity contribution in [3.8, 4) is 0 Å². The lowest BCUT2D eigenvalue weighted by molar-refractivity contribution is -0.131. The Balaban J connectivity index is 2.01. The van der Waals surface area contributed by atoms with E-state index in [-0.39, 0.29) is 11.9 Å². The largest absolute Gasteiger partial charge is 0.334 e. The van der Waals surface area contributed by atoms with Crippen molar-refractivity contribution in [1.29, 1.82) is 0 Å². The third kappa shape index (κ3) is 3.07. The third-order valence-electron chi connectivity index (χ3n) is 3.30. The van der Waals surface area contributed by atoms with E-state index in [1.807, 2.05) is 17.2 Å². The van der Waals surface area contributed by atoms with Crippen molar-refractivity contribution in [2.24, 2.45) is 0 Å². The first kappa shape index (κ1) is 13.0. The van der Waals surface area contributed by atoms with Crippen LogP contribution < -0.4 is 5.32 Å². The molecule has 98 valence electrons. The zero-order valence-corrected chi connectivity index (χ0v) is 11.1. The molecule has 2 heterocycles. The van der Waals surface area contributed by atoms with Crippen LogP contribution in [0.5, 0.6) is 0 Å². The zero-order chi connectivity index (χ0) is 13.0. The van der Waals surface area contributed by atoms with Gasteiger partial charge in [-0.1, -0.05) is 19.9 Å². The van der Waals surface area contributed by atoms with E-state index in [1.165, 1.54) is 0 Å². The number of hydrogen-bond acceptors (Lipinski definition) is 3. The molecule has 1 fully saturated rings. The molecule has 2 rings (SSSR count). The van der Waals surface area contributed by atoms with Gasteiger partial charge in [-0.15, -0.1) is 0 Å². The van der Waals surface area contributed by atoms with Gasteiger partial charge in [-0.05, 0) is 24.5 Å². The number of hydrogen-bond donors (Lipinski definition) is 1. The third-order valence-corrected chi connectivity index (χ3v) is 3.30. The van der Waals surface area contributed by atoms with E-state index in [9.17, 15) is 4.79 Å². The van der Waals surface area contributed by atoms with E-state index in [4.69, 9.17) is 0 Å². The van der Waals surface area contributed by atoms with Crippen LogP contribution in [-0.2, 0) is 4.79 Å². The molecule has 1 aliphatic rings. The number of rotatable bonds is 4. The Hall–Kier alpha value is -1.42. The predicted octanol–water partition coefficient (Wildman–Crippen LogP) is 1.74. The van der Waals surface area contributed by atoms with Crippen molar-refractivity contribution >= 4 is 5.91 Å². The smallest absolute Gasteiger partial charge is 0.237 e. The minimum absolute atomic E-state index is 0.190. The van der Waals surface area contributed by atoms with Gasteiger partial charge in [-0.25, -0.2) is 0 Å². The van der Waals surface area contributed by atoms with Gasteiger partial charge in [-0.3, -0.25) is 9.78 Å². The highest BCUT2D eigenvalue weighted by molar-refractivity contribution is 5.79. The first-order valence-electron chi connectivity index (χ1n) is 6.61. The number of carbonyl (C=O) groups is 1. The Bertz CT molecular complexity index is 391. The van der Waals surface area contributed by atoms with Crippen molar-refractivity contribution < 1.29 is 4.79 Å². The van der Waals surface area contributed by atoms with Crippen molar-refractivity contribution in [3.05, 3.63) is 30.1 Å². The lowest BCUT2D eigenvalue weighted by Crippen LogP contribution is -2.39. The van der Waals surface area contributed by atoms with E-state index in [1.54, 1.807) is 6.20 Å². The van der Waals surface area contributed by atoms with Crippen molar-refractivity contribution in [2.75, 3.05) is 13.1 Å². The minimum atomic E-state index is 0.190. The molecule has 1 amide bonds. The minimum Gasteiger partial charge on any atom is -0.334 e. The molecule has 1 saturated heterocycles. The van der Waals surface area contributed by atoms with Gasteiger partial charge in [0.15, 0.2) is 0 Å². The van der Waals surface area contributed by atoms with Crippen molar-refractivity contribution in [1.82, 2.24) is 15.2 Å². The highest BCUT2D eigenvalue weighted by Gasteiger charge is 2.29. The molecule has 18 heavy (non-hydrogen) atoms. The molecule has 0 saturated carbocycles. The Morgan fingerprint density at radius 3 is 3.11 bits per heavy atom. The summed E-state index contributed by atoms with van der Waals surface area (Å²) >= 11 is 0. The standard InChI is InChI=1S/C14H21N3O/c1-11(2)16-10-14(18)17-8-4-6-13(17)12-5-3-7-15-9-12/h3,5,7,9,11,13,16H,4,6,8,10H2,1-2H3. The molecule has 1 N–H and O–H groups in total. The molecule has 0 aromatic carbocycles. The van der Waals surface area contributed by atoms with Crippen LogP contribution in [0.15, 0.2) is 24.5 Å². The van der Waals surface area contributed by atoms with Crippen LogP contribution in [0.25, 0.3) is 0 Å². The highest BCUT2D eigenvalue weighted by Crippen LogP contribution is 2.31. The lowest BCUT2D eigenvalue weighted by Gasteiger charge is -2.25. The first-order valence-corrected chi connectivity index (χ1v) is 6.61. The predicted molar refractivity (Wildman–Crippen MR) is 71.1 cm³/mol. The topological polar surface area (TPSA) is 45.2 Å². The summed E-state index contributed by atoms with van der Waals surface area (Å²) in [5, 5.41) is 3.19. The van der Waals surface area contributed by atoms with Gasteiger partial charge >= 0.3 is 0 Å². The molecule has 4 heteroatoms. The van der Waals surface area contributed by atoms with E-state index in [2.05, 4.69) is 30.2 Å². The number of nitrogens with zero attached hydrogens (tertiary/aromatic N) is 2. The van der Waals surface area contributed by atoms with Crippen LogP contribution in [0.1, 0.15) is 38.3 Å². The lowest BCUT2D eigenvalue weighted by atomic mass is 10.1. The van der Waals surface area contributed by atoms with Gasteiger partial charge in [0.1, 0.15) is 0 Å². The zero-order valence-electron chi connectivity index (χ0n) is 11.1. The Morgan fingerprint density at radius 2 is 2.44 bits per heavy atom. The molecule has 1 atom stereocenters. The number of nitrogens with one attached hydrogen (secondary N) is 1. The SMILES string of the molecule is CC(C)NCC(=O)N1CCCC1c1cccnc1. The van der Waals surface area contributed by atoms with Crippen LogP contribution in [0.2, 0.25) is 0 Å². The Kier molecular flexibility index (Phi) is 4.31. The van der Waals surface area contributed by atoms with Gasteiger partial charge < -0.3 is 10.2 Å². The van der Waals surface area contributed by atoms with Gasteiger partial charge in [0.05, 0.1) is 12.6 Å². The van der Waals surface area contributed by atoms with Crippen LogP contribution in [0.4, 0.5) is 0 Å². The summed E-state index contributed by atoms with van der Waals surface area (Å²) < 4.78 is 0. The van der Waals surface area contributed by atoms with Crippen molar-refractivity contribution in [3.63, 3.8) is 0 Å². The molecular weight excluding hydrogens is 226 g/mol. The second kappa shape index (κ2) is 5.96. The van der Waals surface area contributed by atoms with E-state index >= 15 is 0 Å². The van der Waals surface area contributed by atoms with E-state index in [0.717, 1.165) is 24.9 Å². The summed E-state index contributed by atoms with van der Waals surface area (Å²) in [6.45, 7) is 5.39. The number of carbonyl (C=O) groups excluding carboxylic acids is 1. The fraction of sp³-hybridized carbons (Fsp3) is 0.571. The maximum Gasteiger partial charge on any atom is 0.237 e. The molecule has 0 aliphatic carbocycles. The normalized spacial score (nSPS) is 19.5. The van der Waals surface area contributed by atoms with Crippen LogP contribution in [0, 0.1) is 0 Å². The summed E-state index contributed by atoms with van der Waals surface area (Å²) in [4.78, 5) is 18.3. The Labute approximate surface area is 108 Å². The average Bonchev–Trinajstić information content (AvgIpc) is 2.86.